The molecule has 5 rings (SSSR count). The van der Waals surface area contributed by atoms with Gasteiger partial charge in [0.05, 0.1) is 22.6 Å². The van der Waals surface area contributed by atoms with Gasteiger partial charge in [-0.3, -0.25) is 9.88 Å². The van der Waals surface area contributed by atoms with Crippen molar-refractivity contribution in [3.05, 3.63) is 63.9 Å². The van der Waals surface area contributed by atoms with Gasteiger partial charge in [-0.15, -0.1) is 22.7 Å². The fraction of sp³-hybridized carbons (Fsp3) is 0.273. The van der Waals surface area contributed by atoms with E-state index in [0.29, 0.717) is 36.6 Å². The summed E-state index contributed by atoms with van der Waals surface area (Å²) in [4.78, 5) is 13.0. The fourth-order valence-electron chi connectivity index (χ4n) is 3.80. The van der Waals surface area contributed by atoms with E-state index in [2.05, 4.69) is 26.7 Å². The lowest BCUT2D eigenvalue weighted by atomic mass is 10.2. The SMILES string of the molecule is Cc1ccc2cccc(S(=O)(=O)N3CCN(Cc4nc(-c5cccs5)cs4)CC3)c2n1. The fourth-order valence-corrected chi connectivity index (χ4v) is 6.98. The molecule has 1 saturated heterocycles. The van der Waals surface area contributed by atoms with Gasteiger partial charge in [-0.1, -0.05) is 24.3 Å². The first kappa shape index (κ1) is 20.7. The molecule has 0 N–H and O–H groups in total. The summed E-state index contributed by atoms with van der Waals surface area (Å²) < 4.78 is 28.3. The van der Waals surface area contributed by atoms with Crippen LogP contribution in [0.15, 0.2) is 58.1 Å². The average molecular weight is 471 g/mol. The number of pyridine rings is 1. The van der Waals surface area contributed by atoms with Crippen LogP contribution in [0.25, 0.3) is 21.5 Å². The largest absolute Gasteiger partial charge is 0.294 e. The van der Waals surface area contributed by atoms with Gasteiger partial charge in [-0.2, -0.15) is 4.31 Å². The van der Waals surface area contributed by atoms with Gasteiger partial charge in [0.1, 0.15) is 9.90 Å². The van der Waals surface area contributed by atoms with Crippen LogP contribution in [-0.4, -0.2) is 53.8 Å². The standard InChI is InChI=1S/C22H22N4O2S3/c1-16-7-8-17-4-2-6-20(22(17)23-16)31(27,28)26-11-9-25(10-12-26)14-21-24-18(15-30-21)19-5-3-13-29-19/h2-8,13,15H,9-12,14H2,1H3. The topological polar surface area (TPSA) is 66.4 Å². The van der Waals surface area contributed by atoms with Crippen LogP contribution in [0.5, 0.6) is 0 Å². The lowest BCUT2D eigenvalue weighted by Crippen LogP contribution is -2.48. The molecule has 0 atom stereocenters. The summed E-state index contributed by atoms with van der Waals surface area (Å²) in [6.07, 6.45) is 0. The van der Waals surface area contributed by atoms with Crippen LogP contribution in [-0.2, 0) is 16.6 Å². The van der Waals surface area contributed by atoms with Gasteiger partial charge >= 0.3 is 0 Å². The van der Waals surface area contributed by atoms with Crippen molar-refractivity contribution < 1.29 is 8.42 Å². The van der Waals surface area contributed by atoms with E-state index in [-0.39, 0.29) is 0 Å². The Morgan fingerprint density at radius 2 is 1.81 bits per heavy atom. The van der Waals surface area contributed by atoms with E-state index in [1.807, 2.05) is 31.2 Å². The quantitative estimate of drug-likeness (QED) is 0.437. The predicted molar refractivity (Wildman–Crippen MR) is 126 cm³/mol. The molecule has 1 fully saturated rings. The Bertz CT molecular complexity index is 1310. The molecule has 4 heterocycles. The molecular weight excluding hydrogens is 448 g/mol. The molecule has 0 unspecified atom stereocenters. The molecule has 0 aliphatic carbocycles. The highest BCUT2D eigenvalue weighted by Gasteiger charge is 2.30. The Morgan fingerprint density at radius 1 is 0.968 bits per heavy atom. The number of fused-ring (bicyclic) bond motifs is 1. The van der Waals surface area contributed by atoms with Crippen LogP contribution >= 0.6 is 22.7 Å². The molecule has 160 valence electrons. The van der Waals surface area contributed by atoms with Gasteiger partial charge in [0, 0.05) is 42.6 Å². The molecule has 3 aromatic heterocycles. The third kappa shape index (κ3) is 4.16. The van der Waals surface area contributed by atoms with Gasteiger partial charge < -0.3 is 0 Å². The van der Waals surface area contributed by atoms with E-state index in [0.717, 1.165) is 28.3 Å². The number of hydrogen-bond acceptors (Lipinski definition) is 7. The van der Waals surface area contributed by atoms with E-state index in [9.17, 15) is 8.42 Å². The van der Waals surface area contributed by atoms with Crippen molar-refractivity contribution in [2.75, 3.05) is 26.2 Å². The Balaban J connectivity index is 1.29. The highest BCUT2D eigenvalue weighted by Crippen LogP contribution is 2.28. The van der Waals surface area contributed by atoms with E-state index in [4.69, 9.17) is 4.98 Å². The Morgan fingerprint density at radius 3 is 2.58 bits per heavy atom. The maximum absolute atomic E-state index is 13.4. The van der Waals surface area contributed by atoms with Crippen molar-refractivity contribution in [3.8, 4) is 10.6 Å². The number of para-hydroxylation sites is 1. The lowest BCUT2D eigenvalue weighted by molar-refractivity contribution is 0.181. The minimum absolute atomic E-state index is 0.294. The first-order valence-corrected chi connectivity index (χ1v) is 13.3. The number of rotatable bonds is 5. The van der Waals surface area contributed by atoms with Gasteiger partial charge in [0.15, 0.2) is 0 Å². The third-order valence-electron chi connectivity index (χ3n) is 5.46. The third-order valence-corrected chi connectivity index (χ3v) is 9.11. The Hall–Kier alpha value is -2.17. The number of sulfonamides is 1. The summed E-state index contributed by atoms with van der Waals surface area (Å²) in [5.74, 6) is 0. The van der Waals surface area contributed by atoms with Crippen molar-refractivity contribution >= 4 is 43.6 Å². The molecule has 0 saturated carbocycles. The number of aromatic nitrogens is 2. The summed E-state index contributed by atoms with van der Waals surface area (Å²) in [5.41, 5.74) is 2.38. The molecule has 1 aliphatic rings. The number of aryl methyl sites for hydroxylation is 1. The smallest absolute Gasteiger partial charge is 0.245 e. The highest BCUT2D eigenvalue weighted by atomic mass is 32.2. The van der Waals surface area contributed by atoms with Crippen molar-refractivity contribution in [2.24, 2.45) is 0 Å². The van der Waals surface area contributed by atoms with Crippen molar-refractivity contribution in [2.45, 2.75) is 18.4 Å². The molecule has 1 aliphatic heterocycles. The number of nitrogens with zero attached hydrogens (tertiary/aromatic N) is 4. The lowest BCUT2D eigenvalue weighted by Gasteiger charge is -2.33. The van der Waals surface area contributed by atoms with E-state index >= 15 is 0 Å². The molecular formula is C22H22N4O2S3. The van der Waals surface area contributed by atoms with Gasteiger partial charge in [0.2, 0.25) is 10.0 Å². The predicted octanol–water partition coefficient (Wildman–Crippen LogP) is 4.23. The van der Waals surface area contributed by atoms with Crippen LogP contribution in [0.4, 0.5) is 0 Å². The highest BCUT2D eigenvalue weighted by molar-refractivity contribution is 7.89. The van der Waals surface area contributed by atoms with Crippen LogP contribution in [0.3, 0.4) is 0 Å². The number of thiophene rings is 1. The molecule has 0 bridgehead atoms. The first-order chi connectivity index (χ1) is 15.0. The first-order valence-electron chi connectivity index (χ1n) is 10.1. The number of thiazole rings is 1. The molecule has 0 radical (unpaired) electrons. The second-order valence-electron chi connectivity index (χ2n) is 7.56. The van der Waals surface area contributed by atoms with Crippen LogP contribution in [0.2, 0.25) is 0 Å². The summed E-state index contributed by atoms with van der Waals surface area (Å²) in [6.45, 7) is 4.93. The Kier molecular flexibility index (Phi) is 5.61. The zero-order chi connectivity index (χ0) is 21.4. The van der Waals surface area contributed by atoms with Gasteiger partial charge in [-0.25, -0.2) is 13.4 Å². The molecule has 31 heavy (non-hydrogen) atoms. The normalized spacial score (nSPS) is 16.2. The maximum atomic E-state index is 13.4. The molecule has 0 spiro atoms. The number of hydrogen-bond donors (Lipinski definition) is 0. The number of benzene rings is 1. The van der Waals surface area contributed by atoms with Crippen LogP contribution < -0.4 is 0 Å². The Labute approximate surface area is 189 Å². The number of piperazine rings is 1. The van der Waals surface area contributed by atoms with Crippen molar-refractivity contribution in [1.29, 1.82) is 0 Å². The second kappa shape index (κ2) is 8.40. The molecule has 6 nitrogen and oxygen atoms in total. The van der Waals surface area contributed by atoms with Gasteiger partial charge in [-0.05, 0) is 30.5 Å². The minimum Gasteiger partial charge on any atom is -0.294 e. The molecule has 0 amide bonds. The summed E-state index contributed by atoms with van der Waals surface area (Å²) in [6, 6.07) is 13.3. The molecule has 4 aromatic rings. The summed E-state index contributed by atoms with van der Waals surface area (Å²) >= 11 is 3.35. The molecule has 9 heteroatoms. The monoisotopic (exact) mass is 470 g/mol. The van der Waals surface area contributed by atoms with Crippen LogP contribution in [0, 0.1) is 6.92 Å². The van der Waals surface area contributed by atoms with E-state index < -0.39 is 10.0 Å². The minimum atomic E-state index is -3.59. The summed E-state index contributed by atoms with van der Waals surface area (Å²) in [5, 5.41) is 6.06. The van der Waals surface area contributed by atoms with E-state index in [1.165, 1.54) is 4.88 Å². The van der Waals surface area contributed by atoms with Crippen molar-refractivity contribution in [1.82, 2.24) is 19.2 Å². The maximum Gasteiger partial charge on any atom is 0.245 e. The van der Waals surface area contributed by atoms with Crippen molar-refractivity contribution in [3.63, 3.8) is 0 Å². The molecule has 1 aromatic carbocycles. The zero-order valence-corrected chi connectivity index (χ0v) is 19.5. The van der Waals surface area contributed by atoms with Gasteiger partial charge in [0.25, 0.3) is 0 Å². The van der Waals surface area contributed by atoms with Crippen LogP contribution in [0.1, 0.15) is 10.7 Å². The second-order valence-corrected chi connectivity index (χ2v) is 11.4. The average Bonchev–Trinajstić information content (AvgIpc) is 3.45. The van der Waals surface area contributed by atoms with E-state index in [1.54, 1.807) is 39.1 Å². The zero-order valence-electron chi connectivity index (χ0n) is 17.1. The summed E-state index contributed by atoms with van der Waals surface area (Å²) in [7, 11) is -3.59.